The molecule has 0 saturated heterocycles. The summed E-state index contributed by atoms with van der Waals surface area (Å²) in [5.41, 5.74) is 12.4. The van der Waals surface area contributed by atoms with Crippen molar-refractivity contribution in [2.75, 3.05) is 5.73 Å². The molecule has 8 heteroatoms. The third kappa shape index (κ3) is 4.22. The molecule has 6 rings (SSSR count). The van der Waals surface area contributed by atoms with Crippen LogP contribution >= 0.6 is 0 Å². The van der Waals surface area contributed by atoms with E-state index in [9.17, 15) is 0 Å². The van der Waals surface area contributed by atoms with Crippen molar-refractivity contribution in [2.45, 2.75) is 26.2 Å². The molecule has 2 aromatic heterocycles. The maximum atomic E-state index is 9.08. The first-order valence-corrected chi connectivity index (χ1v) is 11.9. The summed E-state index contributed by atoms with van der Waals surface area (Å²) in [6.07, 6.45) is 1.44. The number of nitrogen functional groups attached to an aromatic ring is 1. The summed E-state index contributed by atoms with van der Waals surface area (Å²) < 4.78 is 20.0. The summed E-state index contributed by atoms with van der Waals surface area (Å²) in [4.78, 5) is 8.70. The number of fused-ring (bicyclic) bond motifs is 3. The summed E-state index contributed by atoms with van der Waals surface area (Å²) in [6.45, 7) is 2.86. The number of nitrogens with zero attached hydrogens (tertiary/aromatic N) is 4. The average Bonchev–Trinajstić information content (AvgIpc) is 3.47. The van der Waals surface area contributed by atoms with E-state index in [1.165, 1.54) is 6.33 Å². The molecule has 0 amide bonds. The second-order valence-corrected chi connectivity index (χ2v) is 8.78. The van der Waals surface area contributed by atoms with Crippen LogP contribution in [0, 0.1) is 11.3 Å². The average molecular weight is 490 g/mol. The normalized spacial score (nSPS) is 14.3. The van der Waals surface area contributed by atoms with Gasteiger partial charge in [-0.15, -0.1) is 0 Å². The molecule has 1 aliphatic rings. The Labute approximate surface area is 213 Å². The molecule has 3 heterocycles. The second kappa shape index (κ2) is 9.30. The summed E-state index contributed by atoms with van der Waals surface area (Å²) in [7, 11) is 0. The molecule has 1 aliphatic heterocycles. The molecule has 0 fully saturated rings. The van der Waals surface area contributed by atoms with Gasteiger partial charge in [-0.2, -0.15) is 5.26 Å². The number of aromatic nitrogens is 3. The Morgan fingerprint density at radius 3 is 2.68 bits per heavy atom. The van der Waals surface area contributed by atoms with E-state index >= 15 is 0 Å². The van der Waals surface area contributed by atoms with Crippen molar-refractivity contribution in [3.63, 3.8) is 0 Å². The van der Waals surface area contributed by atoms with Crippen molar-refractivity contribution >= 4 is 16.9 Å². The van der Waals surface area contributed by atoms with Crippen LogP contribution in [-0.2, 0) is 18.0 Å². The lowest BCUT2D eigenvalue weighted by molar-refractivity contribution is 0.0783. The van der Waals surface area contributed by atoms with Gasteiger partial charge in [0.1, 0.15) is 41.2 Å². The first-order valence-electron chi connectivity index (χ1n) is 11.9. The lowest BCUT2D eigenvalue weighted by Crippen LogP contribution is -2.03. The van der Waals surface area contributed by atoms with Gasteiger partial charge in [-0.3, -0.25) is 0 Å². The van der Waals surface area contributed by atoms with E-state index in [1.54, 1.807) is 6.07 Å². The van der Waals surface area contributed by atoms with Crippen LogP contribution in [0.15, 0.2) is 79.1 Å². The predicted molar refractivity (Wildman–Crippen MR) is 138 cm³/mol. The molecule has 37 heavy (non-hydrogen) atoms. The zero-order valence-corrected chi connectivity index (χ0v) is 20.1. The number of anilines is 1. The fourth-order valence-corrected chi connectivity index (χ4v) is 4.67. The SMILES string of the molecule is CC1OCc2c1c1ncnc(N)c1n2-c1ccc(Oc2cccc(OCc3cccc(C#N)c3)c2)cc1. The topological polar surface area (TPSA) is 108 Å². The lowest BCUT2D eigenvalue weighted by Gasteiger charge is -2.12. The largest absolute Gasteiger partial charge is 0.489 e. The van der Waals surface area contributed by atoms with Gasteiger partial charge in [0.2, 0.25) is 0 Å². The second-order valence-electron chi connectivity index (χ2n) is 8.78. The fraction of sp³-hybridized carbons (Fsp3) is 0.138. The van der Waals surface area contributed by atoms with Gasteiger partial charge in [0, 0.05) is 17.3 Å². The van der Waals surface area contributed by atoms with Crippen LogP contribution in [0.5, 0.6) is 17.2 Å². The molecular weight excluding hydrogens is 466 g/mol. The van der Waals surface area contributed by atoms with Gasteiger partial charge in [-0.25, -0.2) is 9.97 Å². The van der Waals surface area contributed by atoms with E-state index in [0.29, 0.717) is 41.8 Å². The number of rotatable bonds is 6. The Bertz CT molecular complexity index is 1650. The number of hydrogen-bond acceptors (Lipinski definition) is 7. The lowest BCUT2D eigenvalue weighted by atomic mass is 10.1. The van der Waals surface area contributed by atoms with Gasteiger partial charge in [0.25, 0.3) is 0 Å². The fourth-order valence-electron chi connectivity index (χ4n) is 4.67. The highest BCUT2D eigenvalue weighted by atomic mass is 16.5. The number of hydrogen-bond donors (Lipinski definition) is 1. The Balaban J connectivity index is 1.22. The van der Waals surface area contributed by atoms with Crippen molar-refractivity contribution in [2.24, 2.45) is 0 Å². The van der Waals surface area contributed by atoms with E-state index in [4.69, 9.17) is 25.2 Å². The predicted octanol–water partition coefficient (Wildman–Crippen LogP) is 5.84. The van der Waals surface area contributed by atoms with Crippen LogP contribution in [-0.4, -0.2) is 14.5 Å². The summed E-state index contributed by atoms with van der Waals surface area (Å²) in [6, 6.07) is 24.8. The van der Waals surface area contributed by atoms with Gasteiger partial charge in [0.05, 0.1) is 30.0 Å². The monoisotopic (exact) mass is 489 g/mol. The minimum absolute atomic E-state index is 0.0551. The van der Waals surface area contributed by atoms with Gasteiger partial charge in [-0.05, 0) is 61.0 Å². The Kier molecular flexibility index (Phi) is 5.68. The highest BCUT2D eigenvalue weighted by molar-refractivity contribution is 5.91. The smallest absolute Gasteiger partial charge is 0.151 e. The Hall–Kier alpha value is -4.87. The summed E-state index contributed by atoms with van der Waals surface area (Å²) >= 11 is 0. The van der Waals surface area contributed by atoms with Crippen LogP contribution in [0.4, 0.5) is 5.82 Å². The van der Waals surface area contributed by atoms with Crippen molar-refractivity contribution in [3.8, 4) is 29.0 Å². The van der Waals surface area contributed by atoms with Gasteiger partial charge < -0.3 is 24.5 Å². The maximum absolute atomic E-state index is 9.08. The zero-order chi connectivity index (χ0) is 25.4. The van der Waals surface area contributed by atoms with Crippen LogP contribution in [0.2, 0.25) is 0 Å². The quantitative estimate of drug-likeness (QED) is 0.319. The highest BCUT2D eigenvalue weighted by Gasteiger charge is 2.30. The van der Waals surface area contributed by atoms with E-state index in [2.05, 4.69) is 20.6 Å². The highest BCUT2D eigenvalue weighted by Crippen LogP contribution is 2.41. The minimum Gasteiger partial charge on any atom is -0.489 e. The van der Waals surface area contributed by atoms with E-state index in [0.717, 1.165) is 33.5 Å². The number of benzene rings is 3. The van der Waals surface area contributed by atoms with Gasteiger partial charge >= 0.3 is 0 Å². The molecular formula is C29H23N5O3. The Morgan fingerprint density at radius 1 is 1.03 bits per heavy atom. The molecule has 0 aliphatic carbocycles. The van der Waals surface area contributed by atoms with E-state index in [-0.39, 0.29) is 6.10 Å². The van der Waals surface area contributed by atoms with Crippen molar-refractivity contribution in [1.29, 1.82) is 5.26 Å². The Morgan fingerprint density at radius 2 is 1.84 bits per heavy atom. The molecule has 0 spiro atoms. The number of nitriles is 1. The third-order valence-electron chi connectivity index (χ3n) is 6.38. The van der Waals surface area contributed by atoms with E-state index < -0.39 is 0 Å². The maximum Gasteiger partial charge on any atom is 0.151 e. The molecule has 5 aromatic rings. The molecule has 0 bridgehead atoms. The standard InChI is InChI=1S/C29H23N5O3/c1-18-26-25(16-35-18)34(28-27(26)32-17-33-29(28)31)21-8-10-22(11-9-21)37-24-7-3-6-23(13-24)36-15-20-5-2-4-19(12-20)14-30/h2-13,17-18H,15-16H2,1H3,(H2,31,32,33). The van der Waals surface area contributed by atoms with Crippen molar-refractivity contribution in [3.05, 3.63) is 102 Å². The first-order chi connectivity index (χ1) is 18.1. The number of ether oxygens (including phenoxy) is 3. The van der Waals surface area contributed by atoms with Crippen LogP contribution in [0.3, 0.4) is 0 Å². The van der Waals surface area contributed by atoms with Crippen molar-refractivity contribution < 1.29 is 14.2 Å². The van der Waals surface area contributed by atoms with Crippen molar-refractivity contribution in [1.82, 2.24) is 14.5 Å². The molecule has 0 saturated carbocycles. The molecule has 8 nitrogen and oxygen atoms in total. The van der Waals surface area contributed by atoms with Crippen LogP contribution in [0.25, 0.3) is 16.7 Å². The summed E-state index contributed by atoms with van der Waals surface area (Å²) in [5, 5.41) is 9.08. The first kappa shape index (κ1) is 22.6. The molecule has 182 valence electrons. The van der Waals surface area contributed by atoms with Crippen LogP contribution in [0.1, 0.15) is 35.4 Å². The molecule has 1 atom stereocenters. The number of nitrogens with two attached hydrogens (primary N) is 1. The van der Waals surface area contributed by atoms with Crippen LogP contribution < -0.4 is 15.2 Å². The third-order valence-corrected chi connectivity index (χ3v) is 6.38. The summed E-state index contributed by atoms with van der Waals surface area (Å²) in [5.74, 6) is 2.45. The molecule has 2 N–H and O–H groups in total. The van der Waals surface area contributed by atoms with E-state index in [1.807, 2.05) is 73.7 Å². The minimum atomic E-state index is -0.0551. The zero-order valence-electron chi connectivity index (χ0n) is 20.1. The molecule has 3 aromatic carbocycles. The molecule has 1 unspecified atom stereocenters. The van der Waals surface area contributed by atoms with Gasteiger partial charge in [-0.1, -0.05) is 18.2 Å². The van der Waals surface area contributed by atoms with Gasteiger partial charge in [0.15, 0.2) is 5.82 Å². The molecule has 0 radical (unpaired) electrons.